The van der Waals surface area contributed by atoms with E-state index in [-0.39, 0.29) is 36.6 Å². The van der Waals surface area contributed by atoms with Crippen LogP contribution in [0.2, 0.25) is 0 Å². The molecule has 3 aromatic carbocycles. The Morgan fingerprint density at radius 2 is 1.27 bits per heavy atom. The average Bonchev–Trinajstić information content (AvgIpc) is 2.92. The monoisotopic (exact) mass is 501 g/mol. The van der Waals surface area contributed by atoms with Crippen LogP contribution in [-0.2, 0) is 27.2 Å². The minimum Gasteiger partial charge on any atom is -0.497 e. The molecule has 3 rings (SSSR count). The van der Waals surface area contributed by atoms with E-state index in [9.17, 15) is 14.4 Å². The number of nitrogens with one attached hydrogen (secondary N) is 2. The Kier molecular flexibility index (Phi) is 10.3. The highest BCUT2D eigenvalue weighted by atomic mass is 16.5. The van der Waals surface area contributed by atoms with Crippen LogP contribution < -0.4 is 20.3 Å². The molecule has 2 unspecified atom stereocenters. The van der Waals surface area contributed by atoms with E-state index < -0.39 is 6.04 Å². The van der Waals surface area contributed by atoms with Gasteiger partial charge in [-0.3, -0.25) is 14.4 Å². The number of amides is 3. The molecule has 194 valence electrons. The number of nitrogens with zero attached hydrogens (tertiary/aromatic N) is 1. The van der Waals surface area contributed by atoms with Gasteiger partial charge in [-0.05, 0) is 48.7 Å². The molecule has 0 aliphatic rings. The number of rotatable bonds is 12. The second-order valence-electron chi connectivity index (χ2n) is 9.06. The van der Waals surface area contributed by atoms with Gasteiger partial charge in [-0.1, -0.05) is 60.7 Å². The van der Waals surface area contributed by atoms with Gasteiger partial charge in [0.1, 0.15) is 11.8 Å². The highest BCUT2D eigenvalue weighted by Crippen LogP contribution is 2.19. The third-order valence-electron chi connectivity index (χ3n) is 6.08. The minimum absolute atomic E-state index is 0.00525. The second-order valence-corrected chi connectivity index (χ2v) is 9.06. The molecule has 0 fully saturated rings. The molecule has 37 heavy (non-hydrogen) atoms. The maximum atomic E-state index is 13.4. The van der Waals surface area contributed by atoms with Crippen LogP contribution in [0.1, 0.15) is 30.9 Å². The van der Waals surface area contributed by atoms with E-state index in [4.69, 9.17) is 4.74 Å². The molecule has 7 heteroatoms. The summed E-state index contributed by atoms with van der Waals surface area (Å²) in [5.74, 6) is -0.0958. The summed E-state index contributed by atoms with van der Waals surface area (Å²) >= 11 is 0. The van der Waals surface area contributed by atoms with Crippen molar-refractivity contribution in [1.29, 1.82) is 0 Å². The van der Waals surface area contributed by atoms with Crippen LogP contribution in [-0.4, -0.2) is 44.0 Å². The Hall–Kier alpha value is -4.13. The predicted octanol–water partition coefficient (Wildman–Crippen LogP) is 3.91. The third-order valence-corrected chi connectivity index (χ3v) is 6.08. The molecule has 0 heterocycles. The van der Waals surface area contributed by atoms with E-state index in [1.807, 2.05) is 67.6 Å². The minimum atomic E-state index is -0.776. The lowest BCUT2D eigenvalue weighted by Crippen LogP contribution is -2.49. The summed E-state index contributed by atoms with van der Waals surface area (Å²) < 4.78 is 5.20. The van der Waals surface area contributed by atoms with Gasteiger partial charge >= 0.3 is 0 Å². The van der Waals surface area contributed by atoms with Gasteiger partial charge in [0.25, 0.3) is 0 Å². The number of likely N-dealkylation sites (N-methyl/N-ethyl adjacent to an activating group) is 1. The zero-order valence-electron chi connectivity index (χ0n) is 21.6. The van der Waals surface area contributed by atoms with Crippen molar-refractivity contribution in [3.63, 3.8) is 0 Å². The number of ether oxygens (including phenoxy) is 1. The Morgan fingerprint density at radius 3 is 1.81 bits per heavy atom. The van der Waals surface area contributed by atoms with E-state index in [0.717, 1.165) is 11.1 Å². The van der Waals surface area contributed by atoms with Gasteiger partial charge in [0.05, 0.1) is 7.11 Å². The number of hydrogen-bond donors (Lipinski definition) is 2. The van der Waals surface area contributed by atoms with Gasteiger partial charge in [-0.15, -0.1) is 0 Å². The zero-order valence-corrected chi connectivity index (χ0v) is 21.6. The zero-order chi connectivity index (χ0) is 26.6. The van der Waals surface area contributed by atoms with Gasteiger partial charge in [0.2, 0.25) is 17.7 Å². The normalized spacial score (nSPS) is 12.2. The summed E-state index contributed by atoms with van der Waals surface area (Å²) in [7, 11) is 3.26. The van der Waals surface area contributed by atoms with Gasteiger partial charge < -0.3 is 20.3 Å². The molecule has 0 bridgehead atoms. The van der Waals surface area contributed by atoms with Crippen LogP contribution in [0.5, 0.6) is 5.75 Å². The molecule has 0 aliphatic heterocycles. The lowest BCUT2D eigenvalue weighted by molar-refractivity contribution is -0.129. The van der Waals surface area contributed by atoms with Crippen molar-refractivity contribution in [3.8, 4) is 5.75 Å². The molecular weight excluding hydrogens is 466 g/mol. The highest BCUT2D eigenvalue weighted by Gasteiger charge is 2.25. The van der Waals surface area contributed by atoms with Crippen LogP contribution in [0.4, 0.5) is 5.69 Å². The molecule has 2 atom stereocenters. The number of carbonyl (C=O) groups is 3. The summed E-state index contributed by atoms with van der Waals surface area (Å²) in [5, 5.41) is 5.80. The van der Waals surface area contributed by atoms with E-state index >= 15 is 0 Å². The first kappa shape index (κ1) is 27.5. The Morgan fingerprint density at radius 1 is 0.757 bits per heavy atom. The standard InChI is InChI=1S/C30H35N3O4/c1-22(20-23-10-6-4-7-11-23)31-28(34)18-19-29(35)32-27(21-24-12-8-5-9-13-24)30(36)33(2)25-14-16-26(37-3)17-15-25/h4-17,22,27H,18-21H2,1-3H3,(H,31,34)(H,32,35). The van der Waals surface area contributed by atoms with Crippen molar-refractivity contribution in [3.05, 3.63) is 96.1 Å². The van der Waals surface area contributed by atoms with Crippen LogP contribution in [0.3, 0.4) is 0 Å². The first-order valence-electron chi connectivity index (χ1n) is 12.4. The summed E-state index contributed by atoms with van der Waals surface area (Å²) in [4.78, 5) is 40.1. The summed E-state index contributed by atoms with van der Waals surface area (Å²) in [5.41, 5.74) is 2.75. The molecule has 0 saturated heterocycles. The van der Waals surface area contributed by atoms with Crippen LogP contribution in [0.15, 0.2) is 84.9 Å². The molecule has 0 saturated carbocycles. The third kappa shape index (κ3) is 8.79. The number of anilines is 1. The highest BCUT2D eigenvalue weighted by molar-refractivity contribution is 5.99. The fourth-order valence-electron chi connectivity index (χ4n) is 4.08. The van der Waals surface area contributed by atoms with E-state index in [0.29, 0.717) is 24.3 Å². The Labute approximate surface area is 218 Å². The smallest absolute Gasteiger partial charge is 0.249 e. The van der Waals surface area contributed by atoms with E-state index in [1.54, 1.807) is 38.4 Å². The molecule has 0 aromatic heterocycles. The van der Waals surface area contributed by atoms with E-state index in [2.05, 4.69) is 10.6 Å². The summed E-state index contributed by atoms with van der Waals surface area (Å²) in [6.07, 6.45) is 1.09. The van der Waals surface area contributed by atoms with Crippen molar-refractivity contribution in [2.24, 2.45) is 0 Å². The largest absolute Gasteiger partial charge is 0.497 e. The lowest BCUT2D eigenvalue weighted by Gasteiger charge is -2.25. The van der Waals surface area contributed by atoms with Gasteiger partial charge in [-0.25, -0.2) is 0 Å². The molecule has 0 radical (unpaired) electrons. The number of benzene rings is 3. The van der Waals surface area contributed by atoms with Crippen molar-refractivity contribution < 1.29 is 19.1 Å². The predicted molar refractivity (Wildman–Crippen MR) is 145 cm³/mol. The van der Waals surface area contributed by atoms with Crippen molar-refractivity contribution in [1.82, 2.24) is 10.6 Å². The second kappa shape index (κ2) is 13.8. The maximum Gasteiger partial charge on any atom is 0.249 e. The quantitative estimate of drug-likeness (QED) is 0.394. The molecular formula is C30H35N3O4. The molecule has 3 aromatic rings. The van der Waals surface area contributed by atoms with Gasteiger partial charge in [0, 0.05) is 38.0 Å². The first-order valence-corrected chi connectivity index (χ1v) is 12.4. The molecule has 0 aliphatic carbocycles. The summed E-state index contributed by atoms with van der Waals surface area (Å²) in [6.45, 7) is 1.94. The van der Waals surface area contributed by atoms with Gasteiger partial charge in [0.15, 0.2) is 0 Å². The molecule has 0 spiro atoms. The SMILES string of the molecule is COc1ccc(N(C)C(=O)C(Cc2ccccc2)NC(=O)CCC(=O)NC(C)Cc2ccccc2)cc1. The van der Waals surface area contributed by atoms with Crippen LogP contribution >= 0.6 is 0 Å². The number of hydrogen-bond acceptors (Lipinski definition) is 4. The van der Waals surface area contributed by atoms with Crippen molar-refractivity contribution in [2.45, 2.75) is 44.7 Å². The first-order chi connectivity index (χ1) is 17.9. The van der Waals surface area contributed by atoms with Crippen LogP contribution in [0.25, 0.3) is 0 Å². The number of carbonyl (C=O) groups excluding carboxylic acids is 3. The topological polar surface area (TPSA) is 87.7 Å². The van der Waals surface area contributed by atoms with E-state index in [1.165, 1.54) is 4.90 Å². The molecule has 2 N–H and O–H groups in total. The summed E-state index contributed by atoms with van der Waals surface area (Å²) in [6, 6.07) is 25.8. The van der Waals surface area contributed by atoms with Gasteiger partial charge in [-0.2, -0.15) is 0 Å². The number of methoxy groups -OCH3 is 1. The molecule has 3 amide bonds. The molecule has 7 nitrogen and oxygen atoms in total. The maximum absolute atomic E-state index is 13.4. The van der Waals surface area contributed by atoms with Crippen LogP contribution in [0, 0.1) is 0 Å². The lowest BCUT2D eigenvalue weighted by atomic mass is 10.0. The fraction of sp³-hybridized carbons (Fsp3) is 0.300. The van der Waals surface area contributed by atoms with Crippen molar-refractivity contribution >= 4 is 23.4 Å². The Balaban J connectivity index is 1.58. The Bertz CT molecular complexity index is 1150. The average molecular weight is 502 g/mol. The fourth-order valence-corrected chi connectivity index (χ4v) is 4.08. The van der Waals surface area contributed by atoms with Crippen molar-refractivity contribution in [2.75, 3.05) is 19.1 Å².